The number of hydrogen-bond acceptors (Lipinski definition) is 3. The molecular formula is C15H6ClF6N3O3. The number of alkyl halides is 5. The summed E-state index contributed by atoms with van der Waals surface area (Å²) in [6.07, 6.45) is -5.40. The molecule has 0 aliphatic carbocycles. The van der Waals surface area contributed by atoms with Crippen molar-refractivity contribution in [2.24, 2.45) is 0 Å². The number of benzene rings is 1. The van der Waals surface area contributed by atoms with Crippen LogP contribution in [0.5, 0.6) is 0 Å². The molecule has 148 valence electrons. The minimum atomic E-state index is -6.18. The van der Waals surface area contributed by atoms with Crippen LogP contribution in [0.1, 0.15) is 16.1 Å². The van der Waals surface area contributed by atoms with E-state index in [0.717, 1.165) is 18.3 Å². The van der Waals surface area contributed by atoms with E-state index in [1.165, 1.54) is 6.07 Å². The fourth-order valence-corrected chi connectivity index (χ4v) is 2.60. The fraction of sp³-hybridized carbons (Fsp3) is 0.133. The number of H-pyrrole nitrogens is 1. The average molecular weight is 426 g/mol. The number of nitrogens with zero attached hydrogens (tertiary/aromatic N) is 2. The number of aromatic carboxylic acids is 1. The largest absolute Gasteiger partial charge is 0.476 e. The molecule has 3 rings (SSSR count). The van der Waals surface area contributed by atoms with E-state index in [1.807, 2.05) is 4.98 Å². The molecule has 0 saturated heterocycles. The van der Waals surface area contributed by atoms with Crippen molar-refractivity contribution >= 4 is 23.1 Å². The second-order valence-corrected chi connectivity index (χ2v) is 5.93. The highest BCUT2D eigenvalue weighted by molar-refractivity contribution is 6.30. The van der Waals surface area contributed by atoms with Crippen LogP contribution in [0.2, 0.25) is 5.02 Å². The minimum absolute atomic E-state index is 0.0163. The maximum atomic E-state index is 13.9. The molecule has 2 N–H and O–H groups in total. The van der Waals surface area contributed by atoms with Gasteiger partial charge in [-0.05, 0) is 12.1 Å². The molecule has 0 atom stereocenters. The van der Waals surface area contributed by atoms with E-state index in [2.05, 4.69) is 5.10 Å². The molecule has 2 heterocycles. The van der Waals surface area contributed by atoms with Gasteiger partial charge in [0.25, 0.3) is 5.56 Å². The quantitative estimate of drug-likeness (QED) is 0.624. The van der Waals surface area contributed by atoms with E-state index in [4.69, 9.17) is 16.7 Å². The Morgan fingerprint density at radius 2 is 1.86 bits per heavy atom. The Morgan fingerprint density at radius 3 is 2.39 bits per heavy atom. The van der Waals surface area contributed by atoms with E-state index in [0.29, 0.717) is 0 Å². The standard InChI is InChI=1S/C15H6ClF6N3O3/c16-6-2-1-5(3-7(6)17)8-4-25-11(12(26)23-8)9(10(24-25)13(27)28)14(18,19)15(20,21)22/h1-4H,(H,23,26)(H,27,28). The third-order valence-electron chi connectivity index (χ3n) is 3.73. The van der Waals surface area contributed by atoms with Gasteiger partial charge in [0.1, 0.15) is 11.3 Å². The zero-order valence-corrected chi connectivity index (χ0v) is 13.9. The maximum Gasteiger partial charge on any atom is 0.458 e. The lowest BCUT2D eigenvalue weighted by Gasteiger charge is -2.19. The van der Waals surface area contributed by atoms with Gasteiger partial charge in [-0.25, -0.2) is 13.7 Å². The zero-order chi connectivity index (χ0) is 21.0. The molecule has 0 amide bonds. The lowest BCUT2D eigenvalue weighted by Crippen LogP contribution is -2.35. The Bertz CT molecular complexity index is 1170. The first-order chi connectivity index (χ1) is 12.8. The molecule has 13 heteroatoms. The molecule has 6 nitrogen and oxygen atoms in total. The van der Waals surface area contributed by atoms with Crippen molar-refractivity contribution in [2.75, 3.05) is 0 Å². The third kappa shape index (κ3) is 2.99. The first-order valence-electron chi connectivity index (χ1n) is 7.14. The fourth-order valence-electron chi connectivity index (χ4n) is 2.48. The molecule has 0 spiro atoms. The number of aromatic nitrogens is 3. The van der Waals surface area contributed by atoms with Crippen molar-refractivity contribution in [1.29, 1.82) is 0 Å². The van der Waals surface area contributed by atoms with Gasteiger partial charge in [0.15, 0.2) is 5.69 Å². The normalized spacial score (nSPS) is 12.5. The summed E-state index contributed by atoms with van der Waals surface area (Å²) in [5.74, 6) is -8.75. The van der Waals surface area contributed by atoms with E-state index in [9.17, 15) is 35.9 Å². The van der Waals surface area contributed by atoms with Crippen LogP contribution in [0, 0.1) is 5.82 Å². The van der Waals surface area contributed by atoms with E-state index >= 15 is 0 Å². The summed E-state index contributed by atoms with van der Waals surface area (Å²) in [5, 5.41) is 11.9. The van der Waals surface area contributed by atoms with E-state index < -0.39 is 46.2 Å². The van der Waals surface area contributed by atoms with Gasteiger partial charge in [0.2, 0.25) is 0 Å². The van der Waals surface area contributed by atoms with Gasteiger partial charge in [-0.15, -0.1) is 0 Å². The number of carboxylic acid groups (broad SMARTS) is 1. The molecule has 0 aliphatic rings. The summed E-state index contributed by atoms with van der Waals surface area (Å²) >= 11 is 5.53. The summed E-state index contributed by atoms with van der Waals surface area (Å²) in [6.45, 7) is 0. The highest BCUT2D eigenvalue weighted by atomic mass is 35.5. The van der Waals surface area contributed by atoms with E-state index in [1.54, 1.807) is 0 Å². The number of fused-ring (bicyclic) bond motifs is 1. The van der Waals surface area contributed by atoms with Crippen LogP contribution in [0.25, 0.3) is 16.8 Å². The van der Waals surface area contributed by atoms with Crippen LogP contribution in [-0.4, -0.2) is 31.9 Å². The number of carbonyl (C=O) groups is 1. The van der Waals surface area contributed by atoms with E-state index in [-0.39, 0.29) is 20.8 Å². The number of nitrogens with one attached hydrogen (secondary N) is 1. The van der Waals surface area contributed by atoms with Crippen molar-refractivity contribution < 1.29 is 36.2 Å². The third-order valence-corrected chi connectivity index (χ3v) is 4.03. The summed E-state index contributed by atoms with van der Waals surface area (Å²) in [4.78, 5) is 25.4. The van der Waals surface area contributed by atoms with Crippen LogP contribution in [0.15, 0.2) is 29.2 Å². The number of rotatable bonds is 3. The molecule has 0 unspecified atom stereocenters. The second-order valence-electron chi connectivity index (χ2n) is 5.52. The first kappa shape index (κ1) is 19.7. The van der Waals surface area contributed by atoms with Gasteiger partial charge in [0.05, 0.1) is 22.5 Å². The lowest BCUT2D eigenvalue weighted by atomic mass is 10.1. The molecule has 0 aliphatic heterocycles. The predicted molar refractivity (Wildman–Crippen MR) is 83.1 cm³/mol. The Balaban J connectivity index is 2.35. The number of carboxylic acids is 1. The van der Waals surface area contributed by atoms with Crippen LogP contribution >= 0.6 is 11.6 Å². The van der Waals surface area contributed by atoms with Gasteiger partial charge in [-0.3, -0.25) is 4.79 Å². The maximum absolute atomic E-state index is 13.9. The molecule has 0 radical (unpaired) electrons. The zero-order valence-electron chi connectivity index (χ0n) is 13.1. The number of hydrogen-bond donors (Lipinski definition) is 2. The summed E-state index contributed by atoms with van der Waals surface area (Å²) in [7, 11) is 0. The average Bonchev–Trinajstić information content (AvgIpc) is 2.97. The summed E-state index contributed by atoms with van der Waals surface area (Å²) < 4.78 is 80.0. The molecule has 0 bridgehead atoms. The Morgan fingerprint density at radius 1 is 1.21 bits per heavy atom. The second kappa shape index (κ2) is 6.26. The SMILES string of the molecule is O=C(O)c1nn2cc(-c3ccc(Cl)c(F)c3)[nH]c(=O)c2c1C(F)(F)C(F)(F)F. The molecular weight excluding hydrogens is 420 g/mol. The predicted octanol–water partition coefficient (Wildman–Crippen LogP) is 3.83. The Labute approximate surface area is 155 Å². The van der Waals surface area contributed by atoms with Crippen LogP contribution < -0.4 is 5.56 Å². The monoisotopic (exact) mass is 425 g/mol. The molecule has 28 heavy (non-hydrogen) atoms. The molecule has 2 aromatic heterocycles. The van der Waals surface area contributed by atoms with Gasteiger partial charge < -0.3 is 10.1 Å². The Kier molecular flexibility index (Phi) is 4.41. The molecule has 0 fully saturated rings. The van der Waals surface area contributed by atoms with Crippen LogP contribution in [-0.2, 0) is 5.92 Å². The lowest BCUT2D eigenvalue weighted by molar-refractivity contribution is -0.288. The smallest absolute Gasteiger partial charge is 0.458 e. The molecule has 3 aromatic rings. The summed E-state index contributed by atoms with van der Waals surface area (Å²) in [5.41, 5.74) is -6.77. The topological polar surface area (TPSA) is 87.5 Å². The van der Waals surface area contributed by atoms with Crippen molar-refractivity contribution in [1.82, 2.24) is 14.6 Å². The summed E-state index contributed by atoms with van der Waals surface area (Å²) in [6, 6.07) is 3.21. The molecule has 1 aromatic carbocycles. The van der Waals surface area contributed by atoms with Crippen LogP contribution in [0.3, 0.4) is 0 Å². The van der Waals surface area contributed by atoms with Crippen molar-refractivity contribution in [3.63, 3.8) is 0 Å². The van der Waals surface area contributed by atoms with Gasteiger partial charge in [-0.1, -0.05) is 17.7 Å². The Hall–Kier alpha value is -3.02. The van der Waals surface area contributed by atoms with Crippen molar-refractivity contribution in [3.8, 4) is 11.3 Å². The van der Waals surface area contributed by atoms with Crippen LogP contribution in [0.4, 0.5) is 26.3 Å². The van der Waals surface area contributed by atoms with Gasteiger partial charge in [-0.2, -0.15) is 27.1 Å². The van der Waals surface area contributed by atoms with Crippen molar-refractivity contribution in [3.05, 3.63) is 56.8 Å². The highest BCUT2D eigenvalue weighted by Crippen LogP contribution is 2.46. The number of halogens is 7. The van der Waals surface area contributed by atoms with Crippen molar-refractivity contribution in [2.45, 2.75) is 12.1 Å². The van der Waals surface area contributed by atoms with Gasteiger partial charge in [0, 0.05) is 5.56 Å². The molecule has 0 saturated carbocycles. The highest BCUT2D eigenvalue weighted by Gasteiger charge is 2.62. The number of aromatic amines is 1. The van der Waals surface area contributed by atoms with Gasteiger partial charge >= 0.3 is 18.1 Å². The first-order valence-corrected chi connectivity index (χ1v) is 7.51. The minimum Gasteiger partial charge on any atom is -0.476 e.